The van der Waals surface area contributed by atoms with Gasteiger partial charge in [-0.3, -0.25) is 0 Å². The van der Waals surface area contributed by atoms with Gasteiger partial charge >= 0.3 is 5.97 Å². The summed E-state index contributed by atoms with van der Waals surface area (Å²) in [6.45, 7) is 2.04. The molecule has 0 fully saturated rings. The average molecular weight is 258 g/mol. The summed E-state index contributed by atoms with van der Waals surface area (Å²) >= 11 is 0. The van der Waals surface area contributed by atoms with E-state index in [-0.39, 0.29) is 11.5 Å². The lowest BCUT2D eigenvalue weighted by Crippen LogP contribution is -2.06. The van der Waals surface area contributed by atoms with Crippen LogP contribution in [0.2, 0.25) is 0 Å². The van der Waals surface area contributed by atoms with Crippen molar-refractivity contribution in [1.82, 2.24) is 9.97 Å². The normalized spacial score (nSPS) is 11.1. The third-order valence-electron chi connectivity index (χ3n) is 2.93. The monoisotopic (exact) mass is 258 g/mol. The van der Waals surface area contributed by atoms with E-state index in [0.29, 0.717) is 12.1 Å². The van der Waals surface area contributed by atoms with E-state index < -0.39 is 5.97 Å². The first-order chi connectivity index (χ1) is 9.19. The second kappa shape index (κ2) is 4.35. The summed E-state index contributed by atoms with van der Waals surface area (Å²) in [7, 11) is 0. The van der Waals surface area contributed by atoms with Gasteiger partial charge in [-0.1, -0.05) is 0 Å². The Bertz CT molecular complexity index is 780. The number of rotatable bonds is 2. The molecule has 19 heavy (non-hydrogen) atoms. The molecule has 0 spiro atoms. The number of hydrogen-bond acceptors (Lipinski definition) is 3. The zero-order valence-electron chi connectivity index (χ0n) is 10.2. The van der Waals surface area contributed by atoms with Crippen molar-refractivity contribution in [1.29, 1.82) is 0 Å². The van der Waals surface area contributed by atoms with E-state index in [1.807, 2.05) is 0 Å². The minimum atomic E-state index is -0.458. The molecule has 1 aromatic carbocycles. The van der Waals surface area contributed by atoms with Gasteiger partial charge in [0, 0.05) is 16.3 Å². The van der Waals surface area contributed by atoms with Gasteiger partial charge in [0.15, 0.2) is 0 Å². The van der Waals surface area contributed by atoms with Gasteiger partial charge in [0.05, 0.1) is 18.3 Å². The highest BCUT2D eigenvalue weighted by Gasteiger charge is 2.12. The Kier molecular flexibility index (Phi) is 2.67. The van der Waals surface area contributed by atoms with Gasteiger partial charge in [0.25, 0.3) is 0 Å². The molecule has 0 aliphatic heterocycles. The number of ether oxygens (including phenoxy) is 1. The Morgan fingerprint density at radius 3 is 2.95 bits per heavy atom. The fraction of sp³-hybridized carbons (Fsp3) is 0.143. The summed E-state index contributed by atoms with van der Waals surface area (Å²) < 4.78 is 18.1. The maximum absolute atomic E-state index is 13.2. The number of halogens is 1. The fourth-order valence-electron chi connectivity index (χ4n) is 2.09. The third-order valence-corrected chi connectivity index (χ3v) is 2.93. The number of aromatic amines is 1. The van der Waals surface area contributed by atoms with Gasteiger partial charge in [0.1, 0.15) is 11.5 Å². The molecule has 1 N–H and O–H groups in total. The number of esters is 1. The molecule has 0 aliphatic rings. The molecule has 0 amide bonds. The Balaban J connectivity index is 2.21. The van der Waals surface area contributed by atoms with Crippen LogP contribution in [0.4, 0.5) is 4.39 Å². The van der Waals surface area contributed by atoms with E-state index in [9.17, 15) is 9.18 Å². The number of fused-ring (bicyclic) bond motifs is 3. The average Bonchev–Trinajstić information content (AvgIpc) is 2.75. The molecule has 0 radical (unpaired) electrons. The number of nitrogens with one attached hydrogen (secondary N) is 1. The summed E-state index contributed by atoms with van der Waals surface area (Å²) in [4.78, 5) is 18.8. The Morgan fingerprint density at radius 2 is 2.16 bits per heavy atom. The highest BCUT2D eigenvalue weighted by molar-refractivity contribution is 6.08. The molecular formula is C14H11FN2O2. The van der Waals surface area contributed by atoms with E-state index in [2.05, 4.69) is 9.97 Å². The zero-order chi connectivity index (χ0) is 13.4. The lowest BCUT2D eigenvalue weighted by Gasteiger charge is -2.00. The Hall–Kier alpha value is -2.43. The van der Waals surface area contributed by atoms with Crippen molar-refractivity contribution in [2.45, 2.75) is 6.92 Å². The van der Waals surface area contributed by atoms with Crippen LogP contribution in [0.5, 0.6) is 0 Å². The summed E-state index contributed by atoms with van der Waals surface area (Å²) in [6, 6.07) is 6.14. The quantitative estimate of drug-likeness (QED) is 0.719. The van der Waals surface area contributed by atoms with Crippen LogP contribution >= 0.6 is 0 Å². The predicted molar refractivity (Wildman–Crippen MR) is 69.5 cm³/mol. The number of carbonyl (C=O) groups excluding carboxylic acids is 1. The molecule has 2 aromatic heterocycles. The standard InChI is InChI=1S/C14H11FN2O2/c1-2-19-14(18)12-6-10-9-4-3-8(15)5-11(9)17-13(10)7-16-12/h3-7,17H,2H2,1H3. The van der Waals surface area contributed by atoms with Crippen LogP contribution in [0.3, 0.4) is 0 Å². The van der Waals surface area contributed by atoms with Gasteiger partial charge < -0.3 is 9.72 Å². The van der Waals surface area contributed by atoms with E-state index in [4.69, 9.17) is 4.74 Å². The molecule has 3 aromatic rings. The zero-order valence-corrected chi connectivity index (χ0v) is 10.2. The molecule has 3 rings (SSSR count). The van der Waals surface area contributed by atoms with Crippen molar-refractivity contribution in [2.24, 2.45) is 0 Å². The minimum absolute atomic E-state index is 0.250. The number of aromatic nitrogens is 2. The molecule has 0 saturated carbocycles. The van der Waals surface area contributed by atoms with E-state index in [1.54, 1.807) is 25.3 Å². The van der Waals surface area contributed by atoms with Gasteiger partial charge in [-0.15, -0.1) is 0 Å². The van der Waals surface area contributed by atoms with E-state index in [0.717, 1.165) is 16.3 Å². The highest BCUT2D eigenvalue weighted by atomic mass is 19.1. The van der Waals surface area contributed by atoms with Gasteiger partial charge in [-0.25, -0.2) is 14.2 Å². The first-order valence-electron chi connectivity index (χ1n) is 5.93. The Morgan fingerprint density at radius 1 is 1.32 bits per heavy atom. The molecule has 2 heterocycles. The second-order valence-corrected chi connectivity index (χ2v) is 4.15. The van der Waals surface area contributed by atoms with E-state index >= 15 is 0 Å². The SMILES string of the molecule is CCOC(=O)c1cc2c(cn1)[nH]c1cc(F)ccc12. The molecule has 0 unspecified atom stereocenters. The lowest BCUT2D eigenvalue weighted by atomic mass is 10.1. The van der Waals surface area contributed by atoms with Crippen LogP contribution in [-0.4, -0.2) is 22.5 Å². The number of nitrogens with zero attached hydrogens (tertiary/aromatic N) is 1. The predicted octanol–water partition coefficient (Wildman–Crippen LogP) is 3.03. The van der Waals surface area contributed by atoms with Crippen LogP contribution in [0, 0.1) is 5.82 Å². The first kappa shape index (κ1) is 11.6. The van der Waals surface area contributed by atoms with Crippen LogP contribution in [0.15, 0.2) is 30.5 Å². The van der Waals surface area contributed by atoms with Crippen molar-refractivity contribution in [3.05, 3.63) is 42.0 Å². The Labute approximate surface area is 108 Å². The summed E-state index contributed by atoms with van der Waals surface area (Å²) in [6.07, 6.45) is 1.56. The maximum Gasteiger partial charge on any atom is 0.356 e. The summed E-state index contributed by atoms with van der Waals surface area (Å²) in [5.74, 6) is -0.765. The van der Waals surface area contributed by atoms with Crippen LogP contribution in [0.25, 0.3) is 21.8 Å². The van der Waals surface area contributed by atoms with E-state index in [1.165, 1.54) is 12.1 Å². The van der Waals surface area contributed by atoms with Crippen molar-refractivity contribution in [2.75, 3.05) is 6.61 Å². The minimum Gasteiger partial charge on any atom is -0.461 e. The topological polar surface area (TPSA) is 55.0 Å². The van der Waals surface area contributed by atoms with Crippen molar-refractivity contribution >= 4 is 27.8 Å². The number of hydrogen-bond donors (Lipinski definition) is 1. The molecule has 0 bridgehead atoms. The molecule has 96 valence electrons. The number of H-pyrrole nitrogens is 1. The molecule has 0 aliphatic carbocycles. The van der Waals surface area contributed by atoms with Gasteiger partial charge in [-0.2, -0.15) is 0 Å². The molecule has 5 heteroatoms. The van der Waals surface area contributed by atoms with Crippen molar-refractivity contribution in [3.8, 4) is 0 Å². The van der Waals surface area contributed by atoms with Crippen LogP contribution in [0.1, 0.15) is 17.4 Å². The molecule has 0 atom stereocenters. The number of carbonyl (C=O) groups is 1. The van der Waals surface area contributed by atoms with Crippen molar-refractivity contribution in [3.63, 3.8) is 0 Å². The second-order valence-electron chi connectivity index (χ2n) is 4.15. The third kappa shape index (κ3) is 1.93. The molecule has 4 nitrogen and oxygen atoms in total. The number of benzene rings is 1. The number of pyridine rings is 1. The highest BCUT2D eigenvalue weighted by Crippen LogP contribution is 2.26. The molecular weight excluding hydrogens is 247 g/mol. The maximum atomic E-state index is 13.2. The van der Waals surface area contributed by atoms with Gasteiger partial charge in [0.2, 0.25) is 0 Å². The van der Waals surface area contributed by atoms with Crippen molar-refractivity contribution < 1.29 is 13.9 Å². The van der Waals surface area contributed by atoms with Crippen LogP contribution < -0.4 is 0 Å². The summed E-state index contributed by atoms with van der Waals surface area (Å²) in [5, 5.41) is 1.68. The first-order valence-corrected chi connectivity index (χ1v) is 5.93. The smallest absolute Gasteiger partial charge is 0.356 e. The van der Waals surface area contributed by atoms with Crippen LogP contribution in [-0.2, 0) is 4.74 Å². The van der Waals surface area contributed by atoms with Gasteiger partial charge in [-0.05, 0) is 31.2 Å². The summed E-state index contributed by atoms with van der Waals surface area (Å²) in [5.41, 5.74) is 1.69. The molecule has 0 saturated heterocycles. The largest absolute Gasteiger partial charge is 0.461 e. The lowest BCUT2D eigenvalue weighted by molar-refractivity contribution is 0.0520. The fourth-order valence-corrected chi connectivity index (χ4v) is 2.09.